The second kappa shape index (κ2) is 5.87. The lowest BCUT2D eigenvalue weighted by molar-refractivity contribution is 0.140. The SMILES string of the molecule is CNC(C)C(O)c1ccc(OC(C)C)cc1. The van der Waals surface area contributed by atoms with Gasteiger partial charge in [0, 0.05) is 6.04 Å². The second-order valence-electron chi connectivity index (χ2n) is 4.26. The Hall–Kier alpha value is -1.06. The van der Waals surface area contributed by atoms with Crippen molar-refractivity contribution in [3.05, 3.63) is 29.8 Å². The van der Waals surface area contributed by atoms with Gasteiger partial charge in [-0.1, -0.05) is 12.1 Å². The molecule has 0 saturated heterocycles. The number of nitrogens with one attached hydrogen (secondary N) is 1. The molecule has 0 radical (unpaired) electrons. The van der Waals surface area contributed by atoms with Crippen molar-refractivity contribution in [3.63, 3.8) is 0 Å². The summed E-state index contributed by atoms with van der Waals surface area (Å²) in [5.41, 5.74) is 0.901. The van der Waals surface area contributed by atoms with Crippen LogP contribution in [0, 0.1) is 0 Å². The first-order chi connectivity index (χ1) is 7.54. The lowest BCUT2D eigenvalue weighted by atomic mass is 10.0. The van der Waals surface area contributed by atoms with E-state index in [2.05, 4.69) is 5.32 Å². The Morgan fingerprint density at radius 3 is 2.12 bits per heavy atom. The molecule has 16 heavy (non-hydrogen) atoms. The van der Waals surface area contributed by atoms with E-state index in [0.29, 0.717) is 0 Å². The van der Waals surface area contributed by atoms with E-state index in [1.165, 1.54) is 0 Å². The molecule has 0 spiro atoms. The van der Waals surface area contributed by atoms with Crippen LogP contribution in [0.5, 0.6) is 5.75 Å². The van der Waals surface area contributed by atoms with E-state index in [0.717, 1.165) is 11.3 Å². The molecule has 2 unspecified atom stereocenters. The van der Waals surface area contributed by atoms with Gasteiger partial charge < -0.3 is 15.2 Å². The van der Waals surface area contributed by atoms with Crippen molar-refractivity contribution < 1.29 is 9.84 Å². The van der Waals surface area contributed by atoms with Gasteiger partial charge >= 0.3 is 0 Å². The Bertz CT molecular complexity index is 308. The van der Waals surface area contributed by atoms with Crippen molar-refractivity contribution in [3.8, 4) is 5.75 Å². The van der Waals surface area contributed by atoms with Gasteiger partial charge in [-0.05, 0) is 45.5 Å². The van der Waals surface area contributed by atoms with Crippen LogP contribution in [-0.4, -0.2) is 24.3 Å². The first-order valence-corrected chi connectivity index (χ1v) is 5.66. The number of hydrogen-bond acceptors (Lipinski definition) is 3. The van der Waals surface area contributed by atoms with E-state index >= 15 is 0 Å². The molecule has 0 aliphatic heterocycles. The molecule has 3 heteroatoms. The quantitative estimate of drug-likeness (QED) is 0.803. The fraction of sp³-hybridized carbons (Fsp3) is 0.538. The molecule has 0 bridgehead atoms. The van der Waals surface area contributed by atoms with Crippen molar-refractivity contribution in [2.45, 2.75) is 39.0 Å². The summed E-state index contributed by atoms with van der Waals surface area (Å²) < 4.78 is 5.54. The molecule has 3 nitrogen and oxygen atoms in total. The third-order valence-electron chi connectivity index (χ3n) is 2.52. The van der Waals surface area contributed by atoms with Gasteiger partial charge in [0.15, 0.2) is 0 Å². The molecule has 0 aliphatic rings. The average molecular weight is 223 g/mol. The molecule has 0 heterocycles. The zero-order valence-corrected chi connectivity index (χ0v) is 10.4. The highest BCUT2D eigenvalue weighted by atomic mass is 16.5. The summed E-state index contributed by atoms with van der Waals surface area (Å²) in [5, 5.41) is 13.0. The van der Waals surface area contributed by atoms with Crippen molar-refractivity contribution in [2.24, 2.45) is 0 Å². The number of ether oxygens (including phenoxy) is 1. The largest absolute Gasteiger partial charge is 0.491 e. The van der Waals surface area contributed by atoms with Crippen LogP contribution in [0.1, 0.15) is 32.4 Å². The van der Waals surface area contributed by atoms with E-state index < -0.39 is 6.10 Å². The third-order valence-corrected chi connectivity index (χ3v) is 2.52. The Morgan fingerprint density at radius 2 is 1.69 bits per heavy atom. The Morgan fingerprint density at radius 1 is 1.12 bits per heavy atom. The van der Waals surface area contributed by atoms with E-state index in [1.807, 2.05) is 52.1 Å². The maximum absolute atomic E-state index is 9.96. The predicted octanol–water partition coefficient (Wildman–Crippen LogP) is 2.12. The van der Waals surface area contributed by atoms with Crippen molar-refractivity contribution in [1.82, 2.24) is 5.32 Å². The van der Waals surface area contributed by atoms with Crippen LogP contribution in [0.15, 0.2) is 24.3 Å². The summed E-state index contributed by atoms with van der Waals surface area (Å²) in [6, 6.07) is 7.62. The number of aliphatic hydroxyl groups excluding tert-OH is 1. The molecule has 0 amide bonds. The minimum absolute atomic E-state index is 0.0388. The summed E-state index contributed by atoms with van der Waals surface area (Å²) in [6.07, 6.45) is -0.315. The first kappa shape index (κ1) is 13.0. The second-order valence-corrected chi connectivity index (χ2v) is 4.26. The minimum Gasteiger partial charge on any atom is -0.491 e. The highest BCUT2D eigenvalue weighted by Crippen LogP contribution is 2.20. The number of benzene rings is 1. The lowest BCUT2D eigenvalue weighted by Crippen LogP contribution is -2.28. The summed E-state index contributed by atoms with van der Waals surface area (Å²) >= 11 is 0. The molecule has 0 saturated carbocycles. The fourth-order valence-electron chi connectivity index (χ4n) is 1.46. The Balaban J connectivity index is 2.70. The Labute approximate surface area is 97.4 Å². The van der Waals surface area contributed by atoms with Crippen LogP contribution in [0.2, 0.25) is 0 Å². The Kier molecular flexibility index (Phi) is 4.77. The third kappa shape index (κ3) is 3.51. The van der Waals surface area contributed by atoms with Crippen molar-refractivity contribution in [2.75, 3.05) is 7.05 Å². The monoisotopic (exact) mass is 223 g/mol. The van der Waals surface area contributed by atoms with E-state index in [-0.39, 0.29) is 12.1 Å². The molecule has 0 aromatic heterocycles. The zero-order valence-electron chi connectivity index (χ0n) is 10.4. The maximum Gasteiger partial charge on any atom is 0.119 e. The van der Waals surface area contributed by atoms with Crippen LogP contribution in [0.25, 0.3) is 0 Å². The predicted molar refractivity (Wildman–Crippen MR) is 65.7 cm³/mol. The molecule has 1 rings (SSSR count). The molecule has 0 aliphatic carbocycles. The van der Waals surface area contributed by atoms with Crippen molar-refractivity contribution in [1.29, 1.82) is 0 Å². The lowest BCUT2D eigenvalue weighted by Gasteiger charge is -2.19. The zero-order chi connectivity index (χ0) is 12.1. The molecule has 1 aromatic rings. The van der Waals surface area contributed by atoms with Gasteiger partial charge in [-0.15, -0.1) is 0 Å². The van der Waals surface area contributed by atoms with Gasteiger partial charge in [-0.3, -0.25) is 0 Å². The average Bonchev–Trinajstić information content (AvgIpc) is 2.27. The van der Waals surface area contributed by atoms with E-state index in [1.54, 1.807) is 0 Å². The minimum atomic E-state index is -0.488. The molecular weight excluding hydrogens is 202 g/mol. The molecule has 2 N–H and O–H groups in total. The molecule has 2 atom stereocenters. The topological polar surface area (TPSA) is 41.5 Å². The molecule has 1 aromatic carbocycles. The molecule has 90 valence electrons. The number of rotatable bonds is 5. The van der Waals surface area contributed by atoms with Crippen LogP contribution in [-0.2, 0) is 0 Å². The normalized spacial score (nSPS) is 14.9. The highest BCUT2D eigenvalue weighted by molar-refractivity contribution is 5.29. The smallest absolute Gasteiger partial charge is 0.119 e. The van der Waals surface area contributed by atoms with Crippen molar-refractivity contribution >= 4 is 0 Å². The molecule has 0 fully saturated rings. The number of hydrogen-bond donors (Lipinski definition) is 2. The van der Waals surface area contributed by atoms with Crippen LogP contribution >= 0.6 is 0 Å². The van der Waals surface area contributed by atoms with Gasteiger partial charge in [0.2, 0.25) is 0 Å². The standard InChI is InChI=1S/C13H21NO2/c1-9(2)16-12-7-5-11(6-8-12)13(15)10(3)14-4/h5-10,13-15H,1-4H3. The van der Waals surface area contributed by atoms with Crippen LogP contribution in [0.4, 0.5) is 0 Å². The van der Waals surface area contributed by atoms with E-state index in [4.69, 9.17) is 4.74 Å². The number of likely N-dealkylation sites (N-methyl/N-ethyl adjacent to an activating group) is 1. The van der Waals surface area contributed by atoms with Gasteiger partial charge in [0.05, 0.1) is 12.2 Å². The first-order valence-electron chi connectivity index (χ1n) is 5.66. The summed E-state index contributed by atoms with van der Waals surface area (Å²) in [6.45, 7) is 5.93. The van der Waals surface area contributed by atoms with Crippen LogP contribution in [0.3, 0.4) is 0 Å². The van der Waals surface area contributed by atoms with Crippen LogP contribution < -0.4 is 10.1 Å². The van der Waals surface area contributed by atoms with Gasteiger partial charge in [-0.2, -0.15) is 0 Å². The van der Waals surface area contributed by atoms with E-state index in [9.17, 15) is 5.11 Å². The summed E-state index contributed by atoms with van der Waals surface area (Å²) in [5.74, 6) is 0.836. The van der Waals surface area contributed by atoms with Gasteiger partial charge in [0.25, 0.3) is 0 Å². The highest BCUT2D eigenvalue weighted by Gasteiger charge is 2.14. The van der Waals surface area contributed by atoms with Gasteiger partial charge in [-0.25, -0.2) is 0 Å². The number of aliphatic hydroxyl groups is 1. The fourth-order valence-corrected chi connectivity index (χ4v) is 1.46. The summed E-state index contributed by atoms with van der Waals surface area (Å²) in [7, 11) is 1.84. The summed E-state index contributed by atoms with van der Waals surface area (Å²) in [4.78, 5) is 0. The molecular formula is C13H21NO2. The maximum atomic E-state index is 9.96. The van der Waals surface area contributed by atoms with Gasteiger partial charge in [0.1, 0.15) is 5.75 Å².